The molecule has 3 rings (SSSR count). The Morgan fingerprint density at radius 3 is 2.76 bits per heavy atom. The molecule has 0 radical (unpaired) electrons. The summed E-state index contributed by atoms with van der Waals surface area (Å²) in [6.45, 7) is 3.79. The van der Waals surface area contributed by atoms with Gasteiger partial charge in [-0.3, -0.25) is 0 Å². The van der Waals surface area contributed by atoms with Gasteiger partial charge in [-0.05, 0) is 31.0 Å². The highest BCUT2D eigenvalue weighted by atomic mass is 35.5. The molecule has 110 valence electrons. The van der Waals surface area contributed by atoms with Gasteiger partial charge in [0.1, 0.15) is 30.0 Å². The fourth-order valence-corrected chi connectivity index (χ4v) is 2.43. The first-order valence-corrected chi connectivity index (χ1v) is 7.22. The van der Waals surface area contributed by atoms with Crippen molar-refractivity contribution in [2.45, 2.75) is 13.3 Å². The van der Waals surface area contributed by atoms with E-state index in [0.29, 0.717) is 24.2 Å². The van der Waals surface area contributed by atoms with Gasteiger partial charge in [-0.2, -0.15) is 0 Å². The Morgan fingerprint density at radius 1 is 1.14 bits per heavy atom. The number of nitrogens with zero attached hydrogens (tertiary/aromatic N) is 2. The lowest BCUT2D eigenvalue weighted by atomic mass is 10.1. The third kappa shape index (κ3) is 3.55. The number of ether oxygens (including phenoxy) is 2. The summed E-state index contributed by atoms with van der Waals surface area (Å²) in [5.41, 5.74) is 1.18. The second-order valence-electron chi connectivity index (χ2n) is 4.78. The van der Waals surface area contributed by atoms with E-state index >= 15 is 0 Å². The third-order valence-corrected chi connectivity index (χ3v) is 3.33. The monoisotopic (exact) mass is 305 g/mol. The number of aryl methyl sites for hydroxylation is 1. The molecule has 2 heterocycles. The van der Waals surface area contributed by atoms with Crippen LogP contribution >= 0.6 is 11.6 Å². The molecule has 1 aliphatic heterocycles. The van der Waals surface area contributed by atoms with E-state index in [-0.39, 0.29) is 0 Å². The number of hydrogen-bond donors (Lipinski definition) is 1. The van der Waals surface area contributed by atoms with Gasteiger partial charge < -0.3 is 14.8 Å². The average Bonchev–Trinajstić information content (AvgIpc) is 2.46. The largest absolute Gasteiger partial charge is 0.486 e. The van der Waals surface area contributed by atoms with E-state index < -0.39 is 0 Å². The minimum Gasteiger partial charge on any atom is -0.486 e. The summed E-state index contributed by atoms with van der Waals surface area (Å²) >= 11 is 5.90. The normalized spacial score (nSPS) is 13.0. The van der Waals surface area contributed by atoms with Gasteiger partial charge in [0, 0.05) is 12.6 Å². The van der Waals surface area contributed by atoms with Crippen molar-refractivity contribution < 1.29 is 9.47 Å². The molecule has 0 saturated heterocycles. The van der Waals surface area contributed by atoms with E-state index in [9.17, 15) is 0 Å². The lowest BCUT2D eigenvalue weighted by Gasteiger charge is -2.18. The van der Waals surface area contributed by atoms with Gasteiger partial charge in [-0.25, -0.2) is 9.97 Å². The Morgan fingerprint density at radius 2 is 1.95 bits per heavy atom. The number of halogens is 1. The van der Waals surface area contributed by atoms with Gasteiger partial charge in [0.15, 0.2) is 11.5 Å². The van der Waals surface area contributed by atoms with Crippen LogP contribution in [0.2, 0.25) is 5.15 Å². The molecule has 0 spiro atoms. The van der Waals surface area contributed by atoms with Crippen LogP contribution in [0.25, 0.3) is 0 Å². The van der Waals surface area contributed by atoms with Crippen LogP contribution < -0.4 is 14.8 Å². The summed E-state index contributed by atoms with van der Waals surface area (Å²) in [6, 6.07) is 7.75. The molecule has 21 heavy (non-hydrogen) atoms. The Hall–Kier alpha value is -2.01. The standard InChI is InChI=1S/C15H16ClN3O2/c1-10-18-14(16)9-15(19-10)17-5-4-11-2-3-12-13(8-11)21-7-6-20-12/h2-3,8-9H,4-7H2,1H3,(H,17,18,19). The van der Waals surface area contributed by atoms with Gasteiger partial charge in [-0.1, -0.05) is 17.7 Å². The molecule has 2 aromatic rings. The third-order valence-electron chi connectivity index (χ3n) is 3.13. The van der Waals surface area contributed by atoms with E-state index in [1.54, 1.807) is 6.07 Å². The van der Waals surface area contributed by atoms with Gasteiger partial charge in [-0.15, -0.1) is 0 Å². The van der Waals surface area contributed by atoms with E-state index in [1.807, 2.05) is 25.1 Å². The molecule has 0 bridgehead atoms. The van der Waals surface area contributed by atoms with Crippen LogP contribution in [-0.2, 0) is 6.42 Å². The zero-order valence-corrected chi connectivity index (χ0v) is 12.5. The minimum atomic E-state index is 0.448. The zero-order valence-electron chi connectivity index (χ0n) is 11.7. The Labute approximate surface area is 128 Å². The Kier molecular flexibility index (Phi) is 4.10. The van der Waals surface area contributed by atoms with Crippen LogP contribution in [0, 0.1) is 6.92 Å². The van der Waals surface area contributed by atoms with Crippen molar-refractivity contribution in [1.82, 2.24) is 9.97 Å². The summed E-state index contributed by atoms with van der Waals surface area (Å²) in [5.74, 6) is 3.03. The molecular formula is C15H16ClN3O2. The van der Waals surface area contributed by atoms with E-state index in [0.717, 1.165) is 30.3 Å². The van der Waals surface area contributed by atoms with Crippen molar-refractivity contribution in [2.24, 2.45) is 0 Å². The maximum absolute atomic E-state index is 5.90. The Balaban J connectivity index is 1.60. The van der Waals surface area contributed by atoms with Crippen LogP contribution in [0.5, 0.6) is 11.5 Å². The van der Waals surface area contributed by atoms with Gasteiger partial charge in [0.25, 0.3) is 0 Å². The minimum absolute atomic E-state index is 0.448. The first kappa shape index (κ1) is 13.9. The molecule has 1 N–H and O–H groups in total. The molecule has 1 aromatic heterocycles. The molecule has 0 aliphatic carbocycles. The SMILES string of the molecule is Cc1nc(Cl)cc(NCCc2ccc3c(c2)OCCO3)n1. The van der Waals surface area contributed by atoms with Crippen molar-refractivity contribution in [1.29, 1.82) is 0 Å². The highest BCUT2D eigenvalue weighted by Crippen LogP contribution is 2.30. The number of rotatable bonds is 4. The fraction of sp³-hybridized carbons (Fsp3) is 0.333. The molecule has 0 fully saturated rings. The summed E-state index contributed by atoms with van der Waals surface area (Å²) in [4.78, 5) is 8.32. The van der Waals surface area contributed by atoms with E-state index in [1.165, 1.54) is 5.56 Å². The fourth-order valence-electron chi connectivity index (χ4n) is 2.20. The highest BCUT2D eigenvalue weighted by molar-refractivity contribution is 6.29. The van der Waals surface area contributed by atoms with Gasteiger partial charge >= 0.3 is 0 Å². The van der Waals surface area contributed by atoms with Crippen molar-refractivity contribution >= 4 is 17.4 Å². The van der Waals surface area contributed by atoms with Crippen LogP contribution in [0.4, 0.5) is 5.82 Å². The van der Waals surface area contributed by atoms with Crippen molar-refractivity contribution in [3.8, 4) is 11.5 Å². The van der Waals surface area contributed by atoms with Crippen molar-refractivity contribution in [3.63, 3.8) is 0 Å². The number of fused-ring (bicyclic) bond motifs is 1. The van der Waals surface area contributed by atoms with Crippen molar-refractivity contribution in [2.75, 3.05) is 25.1 Å². The zero-order chi connectivity index (χ0) is 14.7. The van der Waals surface area contributed by atoms with E-state index in [2.05, 4.69) is 15.3 Å². The number of hydrogen-bond acceptors (Lipinski definition) is 5. The van der Waals surface area contributed by atoms with E-state index in [4.69, 9.17) is 21.1 Å². The van der Waals surface area contributed by atoms with Crippen LogP contribution in [-0.4, -0.2) is 29.7 Å². The predicted octanol–water partition coefficient (Wildman–Crippen LogP) is 2.86. The predicted molar refractivity (Wildman–Crippen MR) is 81.4 cm³/mol. The number of nitrogens with one attached hydrogen (secondary N) is 1. The van der Waals surface area contributed by atoms with Crippen LogP contribution in [0.3, 0.4) is 0 Å². The smallest absolute Gasteiger partial charge is 0.161 e. The second kappa shape index (κ2) is 6.18. The first-order valence-electron chi connectivity index (χ1n) is 6.84. The molecule has 0 saturated carbocycles. The van der Waals surface area contributed by atoms with Gasteiger partial charge in [0.2, 0.25) is 0 Å². The molecule has 6 heteroatoms. The maximum Gasteiger partial charge on any atom is 0.161 e. The second-order valence-corrected chi connectivity index (χ2v) is 5.17. The molecular weight excluding hydrogens is 290 g/mol. The lowest BCUT2D eigenvalue weighted by molar-refractivity contribution is 0.171. The summed E-state index contributed by atoms with van der Waals surface area (Å²) in [5, 5.41) is 3.70. The molecule has 0 amide bonds. The molecule has 0 atom stereocenters. The number of aromatic nitrogens is 2. The number of benzene rings is 1. The number of anilines is 1. The Bertz CT molecular complexity index is 629. The van der Waals surface area contributed by atoms with Crippen molar-refractivity contribution in [3.05, 3.63) is 40.8 Å². The topological polar surface area (TPSA) is 56.3 Å². The summed E-state index contributed by atoms with van der Waals surface area (Å²) in [7, 11) is 0. The average molecular weight is 306 g/mol. The molecule has 1 aliphatic rings. The maximum atomic E-state index is 5.90. The van der Waals surface area contributed by atoms with Gasteiger partial charge in [0.05, 0.1) is 0 Å². The molecule has 5 nitrogen and oxygen atoms in total. The highest BCUT2D eigenvalue weighted by Gasteiger charge is 2.11. The molecule has 1 aromatic carbocycles. The lowest BCUT2D eigenvalue weighted by Crippen LogP contribution is -2.15. The summed E-state index contributed by atoms with van der Waals surface area (Å²) < 4.78 is 11.1. The quantitative estimate of drug-likeness (QED) is 0.880. The molecule has 0 unspecified atom stereocenters. The summed E-state index contributed by atoms with van der Waals surface area (Å²) in [6.07, 6.45) is 0.858. The van der Waals surface area contributed by atoms with Crippen LogP contribution in [0.1, 0.15) is 11.4 Å². The first-order chi connectivity index (χ1) is 10.2. The van der Waals surface area contributed by atoms with Crippen LogP contribution in [0.15, 0.2) is 24.3 Å².